The van der Waals surface area contributed by atoms with Crippen molar-refractivity contribution in [3.05, 3.63) is 54.1 Å². The summed E-state index contributed by atoms with van der Waals surface area (Å²) in [6.45, 7) is 6.42. The Morgan fingerprint density at radius 2 is 1.61 bits per heavy atom. The molecule has 0 bridgehead atoms. The van der Waals surface area contributed by atoms with Crippen molar-refractivity contribution in [2.24, 2.45) is 5.92 Å². The average Bonchev–Trinajstić information content (AvgIpc) is 2.58. The first kappa shape index (κ1) is 17.2. The van der Waals surface area contributed by atoms with Crippen LogP contribution < -0.4 is 14.4 Å². The molecular formula is C20H27NO2. The topological polar surface area (TPSA) is 21.7 Å². The molecule has 3 nitrogen and oxygen atoms in total. The van der Waals surface area contributed by atoms with Crippen LogP contribution in [-0.2, 0) is 6.54 Å². The van der Waals surface area contributed by atoms with E-state index in [0.717, 1.165) is 31.0 Å². The van der Waals surface area contributed by atoms with E-state index in [-0.39, 0.29) is 0 Å². The molecule has 2 rings (SSSR count). The first-order valence-corrected chi connectivity index (χ1v) is 8.14. The zero-order chi connectivity index (χ0) is 16.7. The van der Waals surface area contributed by atoms with Gasteiger partial charge in [0.2, 0.25) is 0 Å². The number of hydrogen-bond acceptors (Lipinski definition) is 3. The molecule has 0 aliphatic rings. The summed E-state index contributed by atoms with van der Waals surface area (Å²) >= 11 is 0. The van der Waals surface area contributed by atoms with Gasteiger partial charge in [0.1, 0.15) is 11.5 Å². The third kappa shape index (κ3) is 5.20. The molecule has 2 aromatic carbocycles. The molecule has 0 saturated carbocycles. The van der Waals surface area contributed by atoms with Crippen LogP contribution in [0.25, 0.3) is 0 Å². The molecule has 0 saturated heterocycles. The Bertz CT molecular complexity index is 593. The molecule has 0 aliphatic carbocycles. The van der Waals surface area contributed by atoms with Crippen molar-refractivity contribution in [1.82, 2.24) is 0 Å². The molecule has 0 atom stereocenters. The predicted octanol–water partition coefficient (Wildman–Crippen LogP) is 4.76. The summed E-state index contributed by atoms with van der Waals surface area (Å²) in [5.41, 5.74) is 2.47. The van der Waals surface area contributed by atoms with Crippen molar-refractivity contribution in [2.45, 2.75) is 26.8 Å². The molecule has 0 N–H and O–H groups in total. The van der Waals surface area contributed by atoms with E-state index in [4.69, 9.17) is 9.47 Å². The van der Waals surface area contributed by atoms with Crippen molar-refractivity contribution in [2.75, 3.05) is 25.7 Å². The molecule has 0 amide bonds. The Morgan fingerprint density at radius 1 is 0.913 bits per heavy atom. The third-order valence-corrected chi connectivity index (χ3v) is 3.92. The fraction of sp³-hybridized carbons (Fsp3) is 0.400. The smallest absolute Gasteiger partial charge is 0.119 e. The maximum absolute atomic E-state index is 5.34. The second-order valence-electron chi connectivity index (χ2n) is 6.15. The Labute approximate surface area is 139 Å². The van der Waals surface area contributed by atoms with Gasteiger partial charge in [-0.3, -0.25) is 0 Å². The van der Waals surface area contributed by atoms with Gasteiger partial charge in [-0.25, -0.2) is 0 Å². The van der Waals surface area contributed by atoms with E-state index in [1.165, 1.54) is 11.3 Å². The molecule has 0 fully saturated rings. The van der Waals surface area contributed by atoms with Gasteiger partial charge in [0.05, 0.1) is 14.2 Å². The quantitative estimate of drug-likeness (QED) is 0.701. The van der Waals surface area contributed by atoms with Gasteiger partial charge in [0.15, 0.2) is 0 Å². The van der Waals surface area contributed by atoms with Gasteiger partial charge in [-0.1, -0.05) is 26.0 Å². The summed E-state index contributed by atoms with van der Waals surface area (Å²) in [6.07, 6.45) is 1.16. The first-order valence-electron chi connectivity index (χ1n) is 8.14. The lowest BCUT2D eigenvalue weighted by atomic mass is 10.1. The van der Waals surface area contributed by atoms with Crippen molar-refractivity contribution >= 4 is 5.69 Å². The summed E-state index contributed by atoms with van der Waals surface area (Å²) in [6, 6.07) is 16.6. The highest BCUT2D eigenvalue weighted by molar-refractivity contribution is 5.50. The minimum absolute atomic E-state index is 0.682. The Kier molecular flexibility index (Phi) is 6.33. The lowest BCUT2D eigenvalue weighted by Crippen LogP contribution is -2.24. The van der Waals surface area contributed by atoms with Crippen molar-refractivity contribution in [3.8, 4) is 11.5 Å². The normalized spacial score (nSPS) is 10.7. The second kappa shape index (κ2) is 8.47. The van der Waals surface area contributed by atoms with Crippen LogP contribution in [0.4, 0.5) is 5.69 Å². The number of benzene rings is 2. The molecule has 0 radical (unpaired) electrons. The number of rotatable bonds is 8. The minimum Gasteiger partial charge on any atom is -0.497 e. The Morgan fingerprint density at radius 3 is 2.22 bits per heavy atom. The fourth-order valence-corrected chi connectivity index (χ4v) is 2.50. The van der Waals surface area contributed by atoms with Crippen LogP contribution in [-0.4, -0.2) is 20.8 Å². The number of methoxy groups -OCH3 is 2. The third-order valence-electron chi connectivity index (χ3n) is 3.92. The van der Waals surface area contributed by atoms with E-state index in [1.807, 2.05) is 24.3 Å². The van der Waals surface area contributed by atoms with Gasteiger partial charge >= 0.3 is 0 Å². The fourth-order valence-electron chi connectivity index (χ4n) is 2.50. The van der Waals surface area contributed by atoms with Crippen molar-refractivity contribution in [3.63, 3.8) is 0 Å². The van der Waals surface area contributed by atoms with E-state index < -0.39 is 0 Å². The van der Waals surface area contributed by atoms with E-state index >= 15 is 0 Å². The van der Waals surface area contributed by atoms with Crippen LogP contribution in [0, 0.1) is 5.92 Å². The highest BCUT2D eigenvalue weighted by atomic mass is 16.5. The summed E-state index contributed by atoms with van der Waals surface area (Å²) < 4.78 is 10.6. The summed E-state index contributed by atoms with van der Waals surface area (Å²) in [5, 5.41) is 0. The molecule has 0 unspecified atom stereocenters. The van der Waals surface area contributed by atoms with Gasteiger partial charge in [0.25, 0.3) is 0 Å². The molecule has 3 heteroatoms. The number of hydrogen-bond donors (Lipinski definition) is 0. The highest BCUT2D eigenvalue weighted by Crippen LogP contribution is 2.23. The zero-order valence-electron chi connectivity index (χ0n) is 14.6. The highest BCUT2D eigenvalue weighted by Gasteiger charge is 2.09. The lowest BCUT2D eigenvalue weighted by molar-refractivity contribution is 0.414. The monoisotopic (exact) mass is 313 g/mol. The van der Waals surface area contributed by atoms with Crippen LogP contribution in [0.5, 0.6) is 11.5 Å². The van der Waals surface area contributed by atoms with Crippen LogP contribution in [0.2, 0.25) is 0 Å². The summed E-state index contributed by atoms with van der Waals surface area (Å²) in [7, 11) is 3.40. The molecule has 0 aromatic heterocycles. The molecular weight excluding hydrogens is 286 g/mol. The zero-order valence-corrected chi connectivity index (χ0v) is 14.6. The van der Waals surface area contributed by atoms with Gasteiger partial charge in [0, 0.05) is 18.8 Å². The molecule has 0 heterocycles. The Balaban J connectivity index is 2.18. The second-order valence-corrected chi connectivity index (χ2v) is 6.15. The Hall–Kier alpha value is -2.16. The van der Waals surface area contributed by atoms with Crippen LogP contribution in [0.1, 0.15) is 25.8 Å². The molecule has 124 valence electrons. The van der Waals surface area contributed by atoms with E-state index in [0.29, 0.717) is 5.92 Å². The maximum atomic E-state index is 5.34. The predicted molar refractivity (Wildman–Crippen MR) is 96.5 cm³/mol. The number of anilines is 1. The molecule has 2 aromatic rings. The van der Waals surface area contributed by atoms with E-state index in [2.05, 4.69) is 43.0 Å². The first-order chi connectivity index (χ1) is 11.1. The SMILES string of the molecule is COc1ccc(N(CCC(C)C)Cc2cccc(OC)c2)cc1. The van der Waals surface area contributed by atoms with Crippen molar-refractivity contribution < 1.29 is 9.47 Å². The number of ether oxygens (including phenoxy) is 2. The van der Waals surface area contributed by atoms with Crippen LogP contribution >= 0.6 is 0 Å². The van der Waals surface area contributed by atoms with Crippen molar-refractivity contribution in [1.29, 1.82) is 0 Å². The molecule has 0 aliphatic heterocycles. The average molecular weight is 313 g/mol. The summed E-state index contributed by atoms with van der Waals surface area (Å²) in [5.74, 6) is 2.47. The summed E-state index contributed by atoms with van der Waals surface area (Å²) in [4.78, 5) is 2.41. The molecule has 0 spiro atoms. The maximum Gasteiger partial charge on any atom is 0.119 e. The van der Waals surface area contributed by atoms with Gasteiger partial charge in [-0.15, -0.1) is 0 Å². The van der Waals surface area contributed by atoms with Crippen LogP contribution in [0.15, 0.2) is 48.5 Å². The van der Waals surface area contributed by atoms with Crippen LogP contribution in [0.3, 0.4) is 0 Å². The van der Waals surface area contributed by atoms with E-state index in [9.17, 15) is 0 Å². The lowest BCUT2D eigenvalue weighted by Gasteiger charge is -2.26. The van der Waals surface area contributed by atoms with E-state index in [1.54, 1.807) is 14.2 Å². The largest absolute Gasteiger partial charge is 0.497 e. The van der Waals surface area contributed by atoms with Gasteiger partial charge in [-0.2, -0.15) is 0 Å². The molecule has 23 heavy (non-hydrogen) atoms. The van der Waals surface area contributed by atoms with Gasteiger partial charge in [-0.05, 0) is 54.3 Å². The standard InChI is InChI=1S/C20H27NO2/c1-16(2)12-13-21(18-8-10-19(22-3)11-9-18)15-17-6-5-7-20(14-17)23-4/h5-11,14,16H,12-13,15H2,1-4H3. The number of nitrogens with zero attached hydrogens (tertiary/aromatic N) is 1. The van der Waals surface area contributed by atoms with Gasteiger partial charge < -0.3 is 14.4 Å². The minimum atomic E-state index is 0.682.